The molecule has 2 aromatic carbocycles. The fourth-order valence-electron chi connectivity index (χ4n) is 2.01. The minimum atomic E-state index is 0.207. The molecule has 0 unspecified atom stereocenters. The van der Waals surface area contributed by atoms with E-state index < -0.39 is 0 Å². The molecule has 3 aromatic rings. The van der Waals surface area contributed by atoms with Gasteiger partial charge in [0, 0.05) is 15.8 Å². The molecular formula is C15H10ClN3OS. The van der Waals surface area contributed by atoms with Crippen LogP contribution in [0.4, 0.5) is 0 Å². The molecule has 3 rings (SSSR count). The summed E-state index contributed by atoms with van der Waals surface area (Å²) < 4.78 is 5.84. The summed E-state index contributed by atoms with van der Waals surface area (Å²) in [6.45, 7) is 0. The maximum Gasteiger partial charge on any atom is 0.249 e. The van der Waals surface area contributed by atoms with Gasteiger partial charge in [-0.25, -0.2) is 0 Å². The first kappa shape index (κ1) is 13.7. The fraction of sp³-hybridized carbons (Fsp3) is 0. The van der Waals surface area contributed by atoms with E-state index in [9.17, 15) is 0 Å². The van der Waals surface area contributed by atoms with Crippen LogP contribution >= 0.6 is 23.8 Å². The van der Waals surface area contributed by atoms with Gasteiger partial charge in [0.1, 0.15) is 10.7 Å². The average Bonchev–Trinajstić information content (AvgIpc) is 2.51. The van der Waals surface area contributed by atoms with Crippen molar-refractivity contribution in [2.24, 2.45) is 5.73 Å². The largest absolute Gasteiger partial charge is 0.436 e. The van der Waals surface area contributed by atoms with Gasteiger partial charge in [-0.2, -0.15) is 5.10 Å². The van der Waals surface area contributed by atoms with E-state index in [2.05, 4.69) is 10.2 Å². The fourth-order valence-corrected chi connectivity index (χ4v) is 2.39. The number of ether oxygens (including phenoxy) is 1. The molecule has 0 spiro atoms. The maximum atomic E-state index is 6.19. The predicted molar refractivity (Wildman–Crippen MR) is 87.0 cm³/mol. The highest BCUT2D eigenvalue weighted by Gasteiger charge is 2.12. The zero-order valence-corrected chi connectivity index (χ0v) is 12.4. The van der Waals surface area contributed by atoms with Crippen molar-refractivity contribution in [3.05, 3.63) is 59.2 Å². The number of benzene rings is 2. The van der Waals surface area contributed by atoms with E-state index in [1.54, 1.807) is 18.2 Å². The number of fused-ring (bicyclic) bond motifs is 1. The van der Waals surface area contributed by atoms with Crippen molar-refractivity contribution in [3.63, 3.8) is 0 Å². The Morgan fingerprint density at radius 3 is 2.62 bits per heavy atom. The molecule has 1 aromatic heterocycles. The zero-order chi connectivity index (χ0) is 14.8. The second-order valence-corrected chi connectivity index (χ2v) is 5.15. The van der Waals surface area contributed by atoms with Gasteiger partial charge in [0.2, 0.25) is 5.88 Å². The molecule has 104 valence electrons. The first-order chi connectivity index (χ1) is 10.2. The monoisotopic (exact) mass is 315 g/mol. The molecule has 0 radical (unpaired) electrons. The second-order valence-electron chi connectivity index (χ2n) is 4.31. The number of halogens is 1. The smallest absolute Gasteiger partial charge is 0.249 e. The third-order valence-corrected chi connectivity index (χ3v) is 3.54. The summed E-state index contributed by atoms with van der Waals surface area (Å²) in [6.07, 6.45) is 1.52. The summed E-state index contributed by atoms with van der Waals surface area (Å²) >= 11 is 11.2. The lowest BCUT2D eigenvalue weighted by atomic mass is 10.1. The molecular weight excluding hydrogens is 306 g/mol. The van der Waals surface area contributed by atoms with Crippen molar-refractivity contribution < 1.29 is 4.74 Å². The molecule has 0 saturated carbocycles. The molecule has 0 aliphatic heterocycles. The van der Waals surface area contributed by atoms with Crippen LogP contribution in [0.2, 0.25) is 5.02 Å². The third kappa shape index (κ3) is 2.66. The molecule has 6 heteroatoms. The van der Waals surface area contributed by atoms with Crippen LogP contribution < -0.4 is 10.5 Å². The predicted octanol–water partition coefficient (Wildman–Crippen LogP) is 3.71. The average molecular weight is 316 g/mol. The van der Waals surface area contributed by atoms with Gasteiger partial charge < -0.3 is 10.5 Å². The molecule has 4 nitrogen and oxygen atoms in total. The maximum absolute atomic E-state index is 6.19. The molecule has 0 bridgehead atoms. The highest BCUT2D eigenvalue weighted by atomic mass is 35.5. The second kappa shape index (κ2) is 5.63. The lowest BCUT2D eigenvalue weighted by Gasteiger charge is -2.11. The van der Waals surface area contributed by atoms with Gasteiger partial charge in [-0.3, -0.25) is 0 Å². The number of aromatic nitrogens is 2. The summed E-state index contributed by atoms with van der Waals surface area (Å²) in [7, 11) is 0. The van der Waals surface area contributed by atoms with Gasteiger partial charge in [0.25, 0.3) is 0 Å². The van der Waals surface area contributed by atoms with Crippen LogP contribution in [0.15, 0.2) is 48.7 Å². The van der Waals surface area contributed by atoms with E-state index in [0.717, 1.165) is 10.8 Å². The number of nitrogens with two attached hydrogens (primary N) is 1. The highest BCUT2D eigenvalue weighted by Crippen LogP contribution is 2.34. The normalized spacial score (nSPS) is 10.5. The van der Waals surface area contributed by atoms with Crippen LogP contribution in [0.5, 0.6) is 11.6 Å². The Balaban J connectivity index is 2.11. The summed E-state index contributed by atoms with van der Waals surface area (Å²) in [5.74, 6) is 0.894. The van der Waals surface area contributed by atoms with Gasteiger partial charge in [-0.05, 0) is 18.2 Å². The summed E-state index contributed by atoms with van der Waals surface area (Å²) in [5, 5.41) is 10.2. The van der Waals surface area contributed by atoms with Gasteiger partial charge in [0.05, 0.1) is 11.8 Å². The molecule has 0 aliphatic rings. The van der Waals surface area contributed by atoms with Crippen molar-refractivity contribution in [1.29, 1.82) is 0 Å². The Bertz CT molecular complexity index is 838. The quantitative estimate of drug-likeness (QED) is 0.747. The van der Waals surface area contributed by atoms with Crippen LogP contribution in [0.25, 0.3) is 10.8 Å². The Morgan fingerprint density at radius 2 is 1.86 bits per heavy atom. The molecule has 0 fully saturated rings. The molecule has 1 heterocycles. The van der Waals surface area contributed by atoms with Gasteiger partial charge in [-0.1, -0.05) is 48.1 Å². The van der Waals surface area contributed by atoms with Crippen LogP contribution in [-0.2, 0) is 0 Å². The Kier molecular flexibility index (Phi) is 3.68. The lowest BCUT2D eigenvalue weighted by molar-refractivity contribution is 0.459. The van der Waals surface area contributed by atoms with Gasteiger partial charge in [0.15, 0.2) is 0 Å². The van der Waals surface area contributed by atoms with E-state index in [4.69, 9.17) is 34.3 Å². The van der Waals surface area contributed by atoms with Crippen molar-refractivity contribution in [2.75, 3.05) is 0 Å². The van der Waals surface area contributed by atoms with Crippen molar-refractivity contribution >= 4 is 39.6 Å². The molecule has 2 N–H and O–H groups in total. The van der Waals surface area contributed by atoms with Crippen LogP contribution in [-0.4, -0.2) is 15.2 Å². The lowest BCUT2D eigenvalue weighted by Crippen LogP contribution is -2.12. The minimum Gasteiger partial charge on any atom is -0.436 e. The number of nitrogens with zero attached hydrogens (tertiary/aromatic N) is 2. The highest BCUT2D eigenvalue weighted by molar-refractivity contribution is 7.80. The topological polar surface area (TPSA) is 61.0 Å². The van der Waals surface area contributed by atoms with E-state index in [-0.39, 0.29) is 10.9 Å². The number of rotatable bonds is 3. The summed E-state index contributed by atoms with van der Waals surface area (Å²) in [4.78, 5) is 0.207. The van der Waals surface area contributed by atoms with Crippen LogP contribution in [0, 0.1) is 0 Å². The van der Waals surface area contributed by atoms with Gasteiger partial charge >= 0.3 is 0 Å². The van der Waals surface area contributed by atoms with E-state index in [0.29, 0.717) is 16.3 Å². The molecule has 0 aliphatic carbocycles. The molecule has 0 atom stereocenters. The zero-order valence-electron chi connectivity index (χ0n) is 10.8. The number of hydrogen-bond donors (Lipinski definition) is 1. The van der Waals surface area contributed by atoms with Crippen LogP contribution in [0.3, 0.4) is 0 Å². The molecule has 21 heavy (non-hydrogen) atoms. The number of thiocarbonyl (C=S) groups is 1. The molecule has 0 saturated heterocycles. The van der Waals surface area contributed by atoms with E-state index in [1.807, 2.05) is 24.3 Å². The van der Waals surface area contributed by atoms with Crippen molar-refractivity contribution in [3.8, 4) is 11.6 Å². The molecule has 0 amide bonds. The summed E-state index contributed by atoms with van der Waals surface area (Å²) in [5.41, 5.74) is 6.21. The van der Waals surface area contributed by atoms with E-state index in [1.165, 1.54) is 6.20 Å². The Labute approximate surface area is 131 Å². The summed E-state index contributed by atoms with van der Waals surface area (Å²) in [6, 6.07) is 12.9. The van der Waals surface area contributed by atoms with Gasteiger partial charge in [-0.15, -0.1) is 5.10 Å². The van der Waals surface area contributed by atoms with Crippen LogP contribution in [0.1, 0.15) is 5.56 Å². The van der Waals surface area contributed by atoms with E-state index >= 15 is 0 Å². The first-order valence-corrected chi connectivity index (χ1v) is 6.92. The first-order valence-electron chi connectivity index (χ1n) is 6.13. The van der Waals surface area contributed by atoms with Crippen molar-refractivity contribution in [2.45, 2.75) is 0 Å². The van der Waals surface area contributed by atoms with Crippen molar-refractivity contribution in [1.82, 2.24) is 10.2 Å². The third-order valence-electron chi connectivity index (χ3n) is 2.99. The standard InChI is InChI=1S/C15H10ClN3OS/c16-12-5-6-13(10-4-2-1-3-9(10)12)20-15-11(14(17)21)7-8-18-19-15/h1-8H,(H2,17,21). The Morgan fingerprint density at radius 1 is 1.10 bits per heavy atom. The number of hydrogen-bond acceptors (Lipinski definition) is 4. The minimum absolute atomic E-state index is 0.207. The Hall–Kier alpha value is -2.24. The SMILES string of the molecule is NC(=S)c1ccnnc1Oc1ccc(Cl)c2ccccc12.